The lowest BCUT2D eigenvalue weighted by molar-refractivity contribution is 0.473. The van der Waals surface area contributed by atoms with Gasteiger partial charge in [-0.15, -0.1) is 0 Å². The summed E-state index contributed by atoms with van der Waals surface area (Å²) in [4.78, 5) is 0. The van der Waals surface area contributed by atoms with Crippen LogP contribution in [0.25, 0.3) is 0 Å². The molecule has 2 aliphatic carbocycles. The van der Waals surface area contributed by atoms with Gasteiger partial charge in [-0.05, 0) is 43.2 Å². The van der Waals surface area contributed by atoms with Gasteiger partial charge in [0.25, 0.3) is 0 Å². The SMILES string of the molecule is Cc1ccc(C(NC2CC2c2ccccc2)C2CC2)cc1. The molecule has 2 fully saturated rings. The van der Waals surface area contributed by atoms with Crippen molar-refractivity contribution in [1.29, 1.82) is 0 Å². The van der Waals surface area contributed by atoms with Crippen LogP contribution < -0.4 is 5.32 Å². The maximum absolute atomic E-state index is 3.94. The molecule has 0 radical (unpaired) electrons. The zero-order valence-electron chi connectivity index (χ0n) is 12.6. The van der Waals surface area contributed by atoms with Crippen LogP contribution in [0.4, 0.5) is 0 Å². The smallest absolute Gasteiger partial charge is 0.0351 e. The van der Waals surface area contributed by atoms with Crippen LogP contribution in [-0.2, 0) is 0 Å². The van der Waals surface area contributed by atoms with E-state index in [4.69, 9.17) is 0 Å². The van der Waals surface area contributed by atoms with Crippen LogP contribution in [0.3, 0.4) is 0 Å². The predicted molar refractivity (Wildman–Crippen MR) is 87.4 cm³/mol. The van der Waals surface area contributed by atoms with Crippen LogP contribution >= 0.6 is 0 Å². The molecular formula is C20H23N. The van der Waals surface area contributed by atoms with Crippen LogP contribution in [0, 0.1) is 12.8 Å². The minimum atomic E-state index is 0.560. The van der Waals surface area contributed by atoms with Gasteiger partial charge in [0.2, 0.25) is 0 Å². The fourth-order valence-corrected chi connectivity index (χ4v) is 3.39. The summed E-state index contributed by atoms with van der Waals surface area (Å²) in [6.45, 7) is 2.16. The molecule has 0 bridgehead atoms. The lowest BCUT2D eigenvalue weighted by atomic mass is 10.0. The van der Waals surface area contributed by atoms with Crippen molar-refractivity contribution in [2.24, 2.45) is 5.92 Å². The van der Waals surface area contributed by atoms with E-state index < -0.39 is 0 Å². The Balaban J connectivity index is 1.46. The molecule has 0 heterocycles. The third-order valence-corrected chi connectivity index (χ3v) is 4.94. The van der Waals surface area contributed by atoms with Gasteiger partial charge >= 0.3 is 0 Å². The Morgan fingerprint density at radius 3 is 2.33 bits per heavy atom. The molecule has 0 aliphatic heterocycles. The zero-order valence-corrected chi connectivity index (χ0v) is 12.6. The van der Waals surface area contributed by atoms with E-state index in [-0.39, 0.29) is 0 Å². The summed E-state index contributed by atoms with van der Waals surface area (Å²) in [5.74, 6) is 1.57. The maximum Gasteiger partial charge on any atom is 0.0351 e. The molecule has 2 aromatic carbocycles. The quantitative estimate of drug-likeness (QED) is 0.842. The molecular weight excluding hydrogens is 254 g/mol. The van der Waals surface area contributed by atoms with Crippen LogP contribution in [0.15, 0.2) is 54.6 Å². The van der Waals surface area contributed by atoms with E-state index in [0.717, 1.165) is 11.8 Å². The molecule has 0 spiro atoms. The Labute approximate surface area is 127 Å². The van der Waals surface area contributed by atoms with E-state index in [9.17, 15) is 0 Å². The molecule has 1 nitrogen and oxygen atoms in total. The molecule has 0 aromatic heterocycles. The standard InChI is InChI=1S/C20H23N/c1-14-7-9-16(10-8-14)20(17-11-12-17)21-19-13-18(19)15-5-3-2-4-6-15/h2-10,17-21H,11-13H2,1H3. The highest BCUT2D eigenvalue weighted by Gasteiger charge is 2.42. The average molecular weight is 277 g/mol. The van der Waals surface area contributed by atoms with E-state index >= 15 is 0 Å². The summed E-state index contributed by atoms with van der Waals surface area (Å²) in [6.07, 6.45) is 4.06. The molecule has 2 saturated carbocycles. The monoisotopic (exact) mass is 277 g/mol. The van der Waals surface area contributed by atoms with E-state index in [1.807, 2.05) is 0 Å². The topological polar surface area (TPSA) is 12.0 Å². The summed E-state index contributed by atoms with van der Waals surface area (Å²) >= 11 is 0. The maximum atomic E-state index is 3.94. The highest BCUT2D eigenvalue weighted by atomic mass is 15.0. The second-order valence-electron chi connectivity index (χ2n) is 6.75. The first-order valence-electron chi connectivity index (χ1n) is 8.19. The number of benzene rings is 2. The Morgan fingerprint density at radius 2 is 1.67 bits per heavy atom. The van der Waals surface area contributed by atoms with Crippen LogP contribution in [0.5, 0.6) is 0 Å². The first-order chi connectivity index (χ1) is 10.3. The minimum Gasteiger partial charge on any atom is -0.306 e. The Morgan fingerprint density at radius 1 is 0.952 bits per heavy atom. The molecule has 21 heavy (non-hydrogen) atoms. The summed E-state index contributed by atoms with van der Waals surface area (Å²) < 4.78 is 0. The Kier molecular flexibility index (Phi) is 3.31. The summed E-state index contributed by atoms with van der Waals surface area (Å²) in [6, 6.07) is 21.3. The average Bonchev–Trinajstić information content (AvgIpc) is 3.41. The number of aryl methyl sites for hydroxylation is 1. The van der Waals surface area contributed by atoms with Crippen molar-refractivity contribution >= 4 is 0 Å². The summed E-state index contributed by atoms with van der Waals surface area (Å²) in [5, 5.41) is 3.94. The number of hydrogen-bond acceptors (Lipinski definition) is 1. The van der Waals surface area contributed by atoms with E-state index in [1.165, 1.54) is 36.0 Å². The molecule has 0 amide bonds. The summed E-state index contributed by atoms with van der Waals surface area (Å²) in [7, 11) is 0. The van der Waals surface area contributed by atoms with Gasteiger partial charge in [0.15, 0.2) is 0 Å². The second-order valence-corrected chi connectivity index (χ2v) is 6.75. The third-order valence-electron chi connectivity index (χ3n) is 4.94. The van der Waals surface area contributed by atoms with Gasteiger partial charge in [-0.25, -0.2) is 0 Å². The van der Waals surface area contributed by atoms with Crippen molar-refractivity contribution in [2.45, 2.75) is 44.2 Å². The molecule has 108 valence electrons. The van der Waals surface area contributed by atoms with Crippen molar-refractivity contribution in [3.8, 4) is 0 Å². The van der Waals surface area contributed by atoms with Gasteiger partial charge in [-0.1, -0.05) is 60.2 Å². The highest BCUT2D eigenvalue weighted by molar-refractivity contribution is 5.30. The number of rotatable bonds is 5. The van der Waals surface area contributed by atoms with Gasteiger partial charge in [0.05, 0.1) is 0 Å². The molecule has 0 saturated heterocycles. The molecule has 3 unspecified atom stereocenters. The summed E-state index contributed by atoms with van der Waals surface area (Å²) in [5.41, 5.74) is 4.32. The molecule has 1 N–H and O–H groups in total. The zero-order chi connectivity index (χ0) is 14.2. The molecule has 3 atom stereocenters. The van der Waals surface area contributed by atoms with Crippen molar-refractivity contribution < 1.29 is 0 Å². The van der Waals surface area contributed by atoms with Gasteiger partial charge in [0, 0.05) is 18.0 Å². The van der Waals surface area contributed by atoms with E-state index in [1.54, 1.807) is 0 Å². The number of hydrogen-bond donors (Lipinski definition) is 1. The molecule has 2 aliphatic rings. The van der Waals surface area contributed by atoms with Crippen LogP contribution in [0.2, 0.25) is 0 Å². The van der Waals surface area contributed by atoms with E-state index in [2.05, 4.69) is 66.8 Å². The lowest BCUT2D eigenvalue weighted by Gasteiger charge is -2.19. The highest BCUT2D eigenvalue weighted by Crippen LogP contribution is 2.46. The first-order valence-corrected chi connectivity index (χ1v) is 8.19. The first kappa shape index (κ1) is 13.1. The van der Waals surface area contributed by atoms with Gasteiger partial charge in [-0.3, -0.25) is 0 Å². The second kappa shape index (κ2) is 5.31. The largest absolute Gasteiger partial charge is 0.306 e. The number of nitrogens with one attached hydrogen (secondary N) is 1. The molecule has 4 rings (SSSR count). The van der Waals surface area contributed by atoms with Gasteiger partial charge in [-0.2, -0.15) is 0 Å². The molecule has 1 heteroatoms. The lowest BCUT2D eigenvalue weighted by Crippen LogP contribution is -2.26. The van der Waals surface area contributed by atoms with Crippen molar-refractivity contribution in [2.75, 3.05) is 0 Å². The molecule has 2 aromatic rings. The fourth-order valence-electron chi connectivity index (χ4n) is 3.39. The Bertz CT molecular complexity index is 597. The van der Waals surface area contributed by atoms with Crippen LogP contribution in [-0.4, -0.2) is 6.04 Å². The third kappa shape index (κ3) is 2.89. The van der Waals surface area contributed by atoms with Crippen molar-refractivity contribution in [3.63, 3.8) is 0 Å². The predicted octanol–water partition coefficient (Wildman–Crippen LogP) is 4.59. The fraction of sp³-hybridized carbons (Fsp3) is 0.400. The van der Waals surface area contributed by atoms with Gasteiger partial charge in [0.1, 0.15) is 0 Å². The van der Waals surface area contributed by atoms with Crippen molar-refractivity contribution in [1.82, 2.24) is 5.32 Å². The van der Waals surface area contributed by atoms with E-state index in [0.29, 0.717) is 12.1 Å². The van der Waals surface area contributed by atoms with Gasteiger partial charge < -0.3 is 5.32 Å². The normalized spacial score (nSPS) is 25.6. The minimum absolute atomic E-state index is 0.560. The van der Waals surface area contributed by atoms with Crippen LogP contribution in [0.1, 0.15) is 47.9 Å². The van der Waals surface area contributed by atoms with Crippen molar-refractivity contribution in [3.05, 3.63) is 71.3 Å². The Hall–Kier alpha value is -1.60.